The van der Waals surface area contributed by atoms with E-state index in [4.69, 9.17) is 4.42 Å². The van der Waals surface area contributed by atoms with E-state index in [0.717, 1.165) is 18.4 Å². The molecule has 3 nitrogen and oxygen atoms in total. The molecular formula is C16H20F2N2O. The van der Waals surface area contributed by atoms with E-state index in [9.17, 15) is 8.78 Å². The van der Waals surface area contributed by atoms with E-state index >= 15 is 0 Å². The summed E-state index contributed by atoms with van der Waals surface area (Å²) in [6, 6.07) is 7.82. The van der Waals surface area contributed by atoms with Gasteiger partial charge in [-0.15, -0.1) is 0 Å². The molecule has 0 fully saturated rings. The fourth-order valence-electron chi connectivity index (χ4n) is 2.34. The minimum atomic E-state index is -0.809. The van der Waals surface area contributed by atoms with Crippen LogP contribution in [-0.2, 0) is 6.54 Å². The molecule has 1 N–H and O–H groups in total. The largest absolute Gasteiger partial charge is 0.468 e. The molecule has 21 heavy (non-hydrogen) atoms. The highest BCUT2D eigenvalue weighted by Crippen LogP contribution is 2.22. The Morgan fingerprint density at radius 2 is 2.05 bits per heavy atom. The molecule has 1 unspecified atom stereocenters. The Kier molecular flexibility index (Phi) is 5.47. The fraction of sp³-hybridized carbons (Fsp3) is 0.375. The fourth-order valence-corrected chi connectivity index (χ4v) is 2.34. The maximum Gasteiger partial charge on any atom is 0.163 e. The molecule has 0 aliphatic rings. The number of halogens is 2. The zero-order valence-electron chi connectivity index (χ0n) is 12.3. The van der Waals surface area contributed by atoms with Crippen molar-refractivity contribution in [2.45, 2.75) is 19.0 Å². The van der Waals surface area contributed by atoms with Crippen LogP contribution in [-0.4, -0.2) is 25.5 Å². The predicted octanol–water partition coefficient (Wildman–Crippen LogP) is 3.34. The monoisotopic (exact) mass is 294 g/mol. The van der Waals surface area contributed by atoms with Gasteiger partial charge in [0.05, 0.1) is 12.8 Å². The van der Waals surface area contributed by atoms with Crippen molar-refractivity contribution in [2.75, 3.05) is 20.6 Å². The van der Waals surface area contributed by atoms with Crippen LogP contribution < -0.4 is 5.32 Å². The Labute approximate surface area is 123 Å². The highest BCUT2D eigenvalue weighted by Gasteiger charge is 2.17. The SMILES string of the molecule is CNC(CCN(C)Cc1ccco1)c1cccc(F)c1F. The van der Waals surface area contributed by atoms with Gasteiger partial charge in [0.2, 0.25) is 0 Å². The van der Waals surface area contributed by atoms with Crippen molar-refractivity contribution >= 4 is 0 Å². The Balaban J connectivity index is 1.94. The highest BCUT2D eigenvalue weighted by atomic mass is 19.2. The minimum Gasteiger partial charge on any atom is -0.468 e. The van der Waals surface area contributed by atoms with Crippen molar-refractivity contribution in [3.8, 4) is 0 Å². The molecule has 2 rings (SSSR count). The Morgan fingerprint density at radius 3 is 2.71 bits per heavy atom. The molecule has 114 valence electrons. The first-order chi connectivity index (χ1) is 10.1. The molecule has 5 heteroatoms. The second-order valence-corrected chi connectivity index (χ2v) is 5.09. The van der Waals surface area contributed by atoms with Crippen molar-refractivity contribution in [3.05, 3.63) is 59.6 Å². The third-order valence-electron chi connectivity index (χ3n) is 3.51. The van der Waals surface area contributed by atoms with E-state index in [-0.39, 0.29) is 6.04 Å². The Morgan fingerprint density at radius 1 is 1.24 bits per heavy atom. The van der Waals surface area contributed by atoms with E-state index in [0.29, 0.717) is 18.5 Å². The quantitative estimate of drug-likeness (QED) is 0.849. The summed E-state index contributed by atoms with van der Waals surface area (Å²) in [6.07, 6.45) is 2.32. The standard InChI is InChI=1S/C16H20F2N2O/c1-19-15(13-6-3-7-14(17)16(13)18)8-9-20(2)11-12-5-4-10-21-12/h3-7,10,15,19H,8-9,11H2,1-2H3. The maximum atomic E-state index is 13.8. The first-order valence-electron chi connectivity index (χ1n) is 6.94. The van der Waals surface area contributed by atoms with Gasteiger partial charge in [-0.1, -0.05) is 12.1 Å². The minimum absolute atomic E-state index is 0.222. The zero-order chi connectivity index (χ0) is 15.2. The van der Waals surface area contributed by atoms with Gasteiger partial charge in [-0.3, -0.25) is 4.90 Å². The van der Waals surface area contributed by atoms with Crippen LogP contribution >= 0.6 is 0 Å². The predicted molar refractivity (Wildman–Crippen MR) is 77.8 cm³/mol. The van der Waals surface area contributed by atoms with Crippen LogP contribution in [0.5, 0.6) is 0 Å². The number of hydrogen-bond donors (Lipinski definition) is 1. The second-order valence-electron chi connectivity index (χ2n) is 5.09. The highest BCUT2D eigenvalue weighted by molar-refractivity contribution is 5.22. The van der Waals surface area contributed by atoms with Crippen LogP contribution in [0.4, 0.5) is 8.78 Å². The van der Waals surface area contributed by atoms with Crippen molar-refractivity contribution in [3.63, 3.8) is 0 Å². The molecule has 0 aliphatic heterocycles. The number of rotatable bonds is 7. The average Bonchev–Trinajstić information content (AvgIpc) is 2.96. The van der Waals surface area contributed by atoms with Crippen molar-refractivity contribution in [1.29, 1.82) is 0 Å². The van der Waals surface area contributed by atoms with Gasteiger partial charge in [-0.25, -0.2) is 8.78 Å². The third-order valence-corrected chi connectivity index (χ3v) is 3.51. The first kappa shape index (κ1) is 15.7. The summed E-state index contributed by atoms with van der Waals surface area (Å²) in [5.41, 5.74) is 0.365. The summed E-state index contributed by atoms with van der Waals surface area (Å²) < 4.78 is 32.4. The van der Waals surface area contributed by atoms with Crippen molar-refractivity contribution in [1.82, 2.24) is 10.2 Å². The molecule has 0 aliphatic carbocycles. The molecule has 1 heterocycles. The van der Waals surface area contributed by atoms with Gasteiger partial charge in [0.15, 0.2) is 11.6 Å². The van der Waals surface area contributed by atoms with Gasteiger partial charge in [-0.05, 0) is 38.7 Å². The lowest BCUT2D eigenvalue weighted by atomic mass is 10.0. The van der Waals surface area contributed by atoms with E-state index < -0.39 is 11.6 Å². The van der Waals surface area contributed by atoms with Gasteiger partial charge in [-0.2, -0.15) is 0 Å². The lowest BCUT2D eigenvalue weighted by molar-refractivity contribution is 0.277. The van der Waals surface area contributed by atoms with Gasteiger partial charge in [0.1, 0.15) is 5.76 Å². The number of furan rings is 1. The first-order valence-corrected chi connectivity index (χ1v) is 6.94. The van der Waals surface area contributed by atoms with Crippen LogP contribution in [0.3, 0.4) is 0 Å². The molecule has 0 saturated heterocycles. The molecule has 0 spiro atoms. The van der Waals surface area contributed by atoms with Gasteiger partial charge in [0.25, 0.3) is 0 Å². The normalized spacial score (nSPS) is 12.8. The summed E-state index contributed by atoms with van der Waals surface area (Å²) in [4.78, 5) is 2.08. The van der Waals surface area contributed by atoms with Crippen LogP contribution in [0.25, 0.3) is 0 Å². The summed E-state index contributed by atoms with van der Waals surface area (Å²) in [5.74, 6) is -0.697. The zero-order valence-corrected chi connectivity index (χ0v) is 12.3. The van der Waals surface area contributed by atoms with Crippen LogP contribution in [0.1, 0.15) is 23.8 Å². The van der Waals surface area contributed by atoms with Gasteiger partial charge >= 0.3 is 0 Å². The second kappa shape index (κ2) is 7.33. The number of nitrogens with one attached hydrogen (secondary N) is 1. The lowest BCUT2D eigenvalue weighted by Gasteiger charge is -2.21. The van der Waals surface area contributed by atoms with Gasteiger partial charge in [0, 0.05) is 18.2 Å². The molecule has 0 radical (unpaired) electrons. The Hall–Kier alpha value is -1.72. The number of benzene rings is 1. The molecule has 1 aromatic carbocycles. The summed E-state index contributed by atoms with van der Waals surface area (Å²) >= 11 is 0. The van der Waals surface area contributed by atoms with E-state index in [1.54, 1.807) is 19.4 Å². The molecule has 0 amide bonds. The van der Waals surface area contributed by atoms with E-state index in [2.05, 4.69) is 10.2 Å². The van der Waals surface area contributed by atoms with Crippen LogP contribution in [0.2, 0.25) is 0 Å². The van der Waals surface area contributed by atoms with Crippen molar-refractivity contribution < 1.29 is 13.2 Å². The number of nitrogens with zero attached hydrogens (tertiary/aromatic N) is 1. The lowest BCUT2D eigenvalue weighted by Crippen LogP contribution is -2.25. The smallest absolute Gasteiger partial charge is 0.163 e. The molecule has 1 aromatic heterocycles. The van der Waals surface area contributed by atoms with Crippen molar-refractivity contribution in [2.24, 2.45) is 0 Å². The Bertz CT molecular complexity index is 557. The maximum absolute atomic E-state index is 13.8. The summed E-state index contributed by atoms with van der Waals surface area (Å²) in [6.45, 7) is 1.43. The molecule has 0 saturated carbocycles. The average molecular weight is 294 g/mol. The molecule has 2 aromatic rings. The van der Waals surface area contributed by atoms with Gasteiger partial charge < -0.3 is 9.73 Å². The molecule has 1 atom stereocenters. The number of hydrogen-bond acceptors (Lipinski definition) is 3. The van der Waals surface area contributed by atoms with Crippen LogP contribution in [0.15, 0.2) is 41.0 Å². The van der Waals surface area contributed by atoms with E-state index in [1.165, 1.54) is 6.07 Å². The summed E-state index contributed by atoms with van der Waals surface area (Å²) in [7, 11) is 3.72. The van der Waals surface area contributed by atoms with Crippen LogP contribution in [0, 0.1) is 11.6 Å². The molecule has 0 bridgehead atoms. The van der Waals surface area contributed by atoms with E-state index in [1.807, 2.05) is 19.2 Å². The third kappa shape index (κ3) is 4.12. The molecular weight excluding hydrogens is 274 g/mol. The summed E-state index contributed by atoms with van der Waals surface area (Å²) in [5, 5.41) is 3.04. The topological polar surface area (TPSA) is 28.4 Å².